The molecule has 2 atom stereocenters. The van der Waals surface area contributed by atoms with Gasteiger partial charge in [0, 0.05) is 64.9 Å². The summed E-state index contributed by atoms with van der Waals surface area (Å²) in [4.78, 5) is 34.8. The van der Waals surface area contributed by atoms with Gasteiger partial charge in [0.2, 0.25) is 0 Å². The molecule has 0 aromatic heterocycles. The van der Waals surface area contributed by atoms with Crippen LogP contribution in [0, 0.1) is 0 Å². The number of carbonyl (C=O) groups excluding carboxylic acids is 2. The highest BCUT2D eigenvalue weighted by molar-refractivity contribution is 5.71. The van der Waals surface area contributed by atoms with E-state index in [4.69, 9.17) is 9.47 Å². The Morgan fingerprint density at radius 3 is 2.40 bits per heavy atom. The Balaban J connectivity index is 1.51. The molecule has 3 heterocycles. The van der Waals surface area contributed by atoms with Crippen LogP contribution in [-0.2, 0) is 14.3 Å². The summed E-state index contributed by atoms with van der Waals surface area (Å²) in [6.45, 7) is 13.5. The number of methoxy groups -OCH3 is 1. The molecule has 2 unspecified atom stereocenters. The molecule has 3 saturated heterocycles. The second-order valence-corrected chi connectivity index (χ2v) is 9.04. The van der Waals surface area contributed by atoms with Crippen molar-refractivity contribution in [3.63, 3.8) is 0 Å². The Bertz CT molecular complexity index is 582. The normalized spacial score (nSPS) is 27.6. The summed E-state index contributed by atoms with van der Waals surface area (Å²) in [5.41, 5.74) is 0. The Morgan fingerprint density at radius 2 is 1.80 bits per heavy atom. The highest BCUT2D eigenvalue weighted by Crippen LogP contribution is 2.23. The third-order valence-corrected chi connectivity index (χ3v) is 6.69. The Hall–Kier alpha value is -1.42. The SMILES string of the molecule is COC(=O)CN1CCN(C2CN(C)C(=O)O2)C(CCCN2CCN(C(C)C)CC2)C1. The summed E-state index contributed by atoms with van der Waals surface area (Å²) >= 11 is 0. The largest absolute Gasteiger partial charge is 0.468 e. The number of nitrogens with zero attached hydrogens (tertiary/aromatic N) is 5. The molecule has 0 N–H and O–H groups in total. The zero-order valence-electron chi connectivity index (χ0n) is 19.1. The van der Waals surface area contributed by atoms with E-state index in [0.29, 0.717) is 19.1 Å². The van der Waals surface area contributed by atoms with Gasteiger partial charge in [0.25, 0.3) is 0 Å². The van der Waals surface area contributed by atoms with Crippen LogP contribution < -0.4 is 0 Å². The number of amides is 1. The first-order valence-corrected chi connectivity index (χ1v) is 11.3. The fourth-order valence-electron chi connectivity index (χ4n) is 4.74. The molecular formula is C21H39N5O4. The van der Waals surface area contributed by atoms with Crippen molar-refractivity contribution in [3.8, 4) is 0 Å². The molecule has 1 amide bonds. The number of hydrogen-bond donors (Lipinski definition) is 0. The maximum absolute atomic E-state index is 11.9. The first-order chi connectivity index (χ1) is 14.4. The lowest BCUT2D eigenvalue weighted by atomic mass is 10.0. The molecule has 3 fully saturated rings. The molecule has 0 aromatic rings. The maximum atomic E-state index is 11.9. The van der Waals surface area contributed by atoms with Gasteiger partial charge in [0.15, 0.2) is 6.23 Å². The predicted octanol–water partition coefficient (Wildman–Crippen LogP) is 0.360. The Morgan fingerprint density at radius 1 is 1.10 bits per heavy atom. The molecule has 0 bridgehead atoms. The van der Waals surface area contributed by atoms with E-state index >= 15 is 0 Å². The number of piperazine rings is 2. The van der Waals surface area contributed by atoms with Gasteiger partial charge in [-0.05, 0) is 33.2 Å². The standard InChI is InChI=1S/C21H39N5O4/c1-17(2)25-11-8-23(9-12-25)7-5-6-18-14-24(16-20(27)29-4)10-13-26(18)19-15-22(3)21(28)30-19/h17-19H,5-16H2,1-4H3. The van der Waals surface area contributed by atoms with Crippen molar-refractivity contribution in [1.29, 1.82) is 0 Å². The third-order valence-electron chi connectivity index (χ3n) is 6.69. The minimum atomic E-state index is -0.251. The fourth-order valence-corrected chi connectivity index (χ4v) is 4.74. The molecule has 3 aliphatic heterocycles. The minimum Gasteiger partial charge on any atom is -0.468 e. The van der Waals surface area contributed by atoms with Crippen molar-refractivity contribution in [2.24, 2.45) is 0 Å². The molecule has 0 radical (unpaired) electrons. The smallest absolute Gasteiger partial charge is 0.411 e. The van der Waals surface area contributed by atoms with Crippen molar-refractivity contribution >= 4 is 12.1 Å². The number of rotatable bonds is 8. The van der Waals surface area contributed by atoms with Crippen LogP contribution in [0.4, 0.5) is 4.79 Å². The van der Waals surface area contributed by atoms with E-state index in [-0.39, 0.29) is 24.3 Å². The molecule has 9 nitrogen and oxygen atoms in total. The number of cyclic esters (lactones) is 1. The number of ether oxygens (including phenoxy) is 2. The lowest BCUT2D eigenvalue weighted by Crippen LogP contribution is -2.58. The molecule has 0 aromatic carbocycles. The first kappa shape index (κ1) is 23.2. The molecule has 30 heavy (non-hydrogen) atoms. The van der Waals surface area contributed by atoms with Crippen LogP contribution in [0.3, 0.4) is 0 Å². The third kappa shape index (κ3) is 6.06. The number of hydrogen-bond acceptors (Lipinski definition) is 8. The van der Waals surface area contributed by atoms with Gasteiger partial charge in [-0.15, -0.1) is 0 Å². The number of likely N-dealkylation sites (N-methyl/N-ethyl adjacent to an activating group) is 1. The van der Waals surface area contributed by atoms with Crippen LogP contribution >= 0.6 is 0 Å². The van der Waals surface area contributed by atoms with E-state index in [0.717, 1.165) is 65.2 Å². The van der Waals surface area contributed by atoms with E-state index in [1.165, 1.54) is 7.11 Å². The molecule has 0 saturated carbocycles. The zero-order chi connectivity index (χ0) is 21.7. The quantitative estimate of drug-likeness (QED) is 0.517. The van der Waals surface area contributed by atoms with Gasteiger partial charge in [-0.1, -0.05) is 0 Å². The second kappa shape index (κ2) is 10.7. The van der Waals surface area contributed by atoms with Gasteiger partial charge < -0.3 is 19.3 Å². The van der Waals surface area contributed by atoms with Crippen molar-refractivity contribution in [2.45, 2.75) is 45.0 Å². The van der Waals surface area contributed by atoms with Crippen molar-refractivity contribution < 1.29 is 19.1 Å². The average Bonchev–Trinajstić information content (AvgIpc) is 3.06. The minimum absolute atomic E-state index is 0.192. The van der Waals surface area contributed by atoms with Gasteiger partial charge in [-0.3, -0.25) is 19.5 Å². The van der Waals surface area contributed by atoms with Gasteiger partial charge in [0.05, 0.1) is 20.2 Å². The molecule has 9 heteroatoms. The van der Waals surface area contributed by atoms with Gasteiger partial charge >= 0.3 is 12.1 Å². The van der Waals surface area contributed by atoms with Crippen LogP contribution in [0.15, 0.2) is 0 Å². The summed E-state index contributed by atoms with van der Waals surface area (Å²) in [5, 5.41) is 0. The topological polar surface area (TPSA) is 68.8 Å². The van der Waals surface area contributed by atoms with Gasteiger partial charge in [-0.2, -0.15) is 0 Å². The van der Waals surface area contributed by atoms with E-state index < -0.39 is 0 Å². The summed E-state index contributed by atoms with van der Waals surface area (Å²) in [5.74, 6) is -0.197. The zero-order valence-corrected chi connectivity index (χ0v) is 19.1. The summed E-state index contributed by atoms with van der Waals surface area (Å²) in [6, 6.07) is 0.889. The maximum Gasteiger partial charge on any atom is 0.411 e. The summed E-state index contributed by atoms with van der Waals surface area (Å²) in [7, 11) is 3.21. The van der Waals surface area contributed by atoms with Crippen LogP contribution in [0.2, 0.25) is 0 Å². The number of esters is 1. The van der Waals surface area contributed by atoms with Crippen LogP contribution in [0.5, 0.6) is 0 Å². The summed E-state index contributed by atoms with van der Waals surface area (Å²) in [6.07, 6.45) is 1.69. The Kier molecular flexibility index (Phi) is 8.33. The van der Waals surface area contributed by atoms with Crippen LogP contribution in [0.1, 0.15) is 26.7 Å². The highest BCUT2D eigenvalue weighted by atomic mass is 16.6. The lowest BCUT2D eigenvalue weighted by Gasteiger charge is -2.43. The lowest BCUT2D eigenvalue weighted by molar-refractivity contribution is -0.143. The highest BCUT2D eigenvalue weighted by Gasteiger charge is 2.39. The summed E-state index contributed by atoms with van der Waals surface area (Å²) < 4.78 is 10.4. The second-order valence-electron chi connectivity index (χ2n) is 9.04. The van der Waals surface area contributed by atoms with E-state index in [9.17, 15) is 9.59 Å². The molecule has 172 valence electrons. The van der Waals surface area contributed by atoms with Crippen LogP contribution in [0.25, 0.3) is 0 Å². The first-order valence-electron chi connectivity index (χ1n) is 11.3. The monoisotopic (exact) mass is 425 g/mol. The van der Waals surface area contributed by atoms with E-state index in [2.05, 4.69) is 33.4 Å². The molecule has 0 spiro atoms. The van der Waals surface area contributed by atoms with Crippen molar-refractivity contribution in [2.75, 3.05) is 79.6 Å². The molecular weight excluding hydrogens is 386 g/mol. The van der Waals surface area contributed by atoms with Gasteiger partial charge in [-0.25, -0.2) is 4.79 Å². The van der Waals surface area contributed by atoms with Crippen LogP contribution in [-0.4, -0.2) is 134 Å². The fraction of sp³-hybridized carbons (Fsp3) is 0.905. The van der Waals surface area contributed by atoms with Crippen molar-refractivity contribution in [3.05, 3.63) is 0 Å². The average molecular weight is 426 g/mol. The Labute approximate surface area is 180 Å². The molecule has 0 aliphatic carbocycles. The van der Waals surface area contributed by atoms with E-state index in [1.54, 1.807) is 11.9 Å². The number of carbonyl (C=O) groups is 2. The predicted molar refractivity (Wildman–Crippen MR) is 114 cm³/mol. The molecule has 3 aliphatic rings. The van der Waals surface area contributed by atoms with E-state index in [1.807, 2.05) is 0 Å². The molecule has 3 rings (SSSR count). The van der Waals surface area contributed by atoms with Crippen molar-refractivity contribution in [1.82, 2.24) is 24.5 Å². The van der Waals surface area contributed by atoms with Gasteiger partial charge in [0.1, 0.15) is 0 Å².